The van der Waals surface area contributed by atoms with Crippen LogP contribution >= 0.6 is 24.0 Å². The first-order valence-corrected chi connectivity index (χ1v) is 10.6. The lowest BCUT2D eigenvalue weighted by molar-refractivity contribution is -0.143. The predicted molar refractivity (Wildman–Crippen MR) is 129 cm³/mol. The highest BCUT2D eigenvalue weighted by molar-refractivity contribution is 14.0. The Bertz CT molecular complexity index is 719. The number of likely N-dealkylation sites (tertiary alicyclic amines) is 1. The lowest BCUT2D eigenvalue weighted by Gasteiger charge is -2.22. The minimum absolute atomic E-state index is 0. The van der Waals surface area contributed by atoms with Crippen LogP contribution in [0.25, 0.3) is 0 Å². The maximum Gasteiger partial charge on any atom is 0.401 e. The predicted octanol–water partition coefficient (Wildman–Crippen LogP) is 3.33. The second kappa shape index (κ2) is 12.0. The van der Waals surface area contributed by atoms with E-state index in [0.717, 1.165) is 49.9 Å². The van der Waals surface area contributed by atoms with E-state index >= 15 is 0 Å². The lowest BCUT2D eigenvalue weighted by Crippen LogP contribution is -2.45. The van der Waals surface area contributed by atoms with Gasteiger partial charge in [0, 0.05) is 38.8 Å². The zero-order valence-electron chi connectivity index (χ0n) is 18.1. The van der Waals surface area contributed by atoms with E-state index in [9.17, 15) is 13.2 Å². The molecule has 2 unspecified atom stereocenters. The fraction of sp³-hybridized carbons (Fsp3) is 0.667. The highest BCUT2D eigenvalue weighted by atomic mass is 127. The van der Waals surface area contributed by atoms with Crippen LogP contribution in [0.4, 0.5) is 18.9 Å². The van der Waals surface area contributed by atoms with Crippen LogP contribution < -0.4 is 20.3 Å². The van der Waals surface area contributed by atoms with Crippen LogP contribution in [-0.4, -0.2) is 76.0 Å². The number of hydrogen-bond donors (Lipinski definition) is 2. The van der Waals surface area contributed by atoms with Gasteiger partial charge in [-0.15, -0.1) is 24.0 Å². The van der Waals surface area contributed by atoms with Gasteiger partial charge in [0.1, 0.15) is 5.75 Å². The molecule has 0 amide bonds. The molecule has 0 bridgehead atoms. The Morgan fingerprint density at radius 3 is 2.68 bits per heavy atom. The van der Waals surface area contributed by atoms with Crippen LogP contribution in [0, 0.1) is 5.92 Å². The maximum absolute atomic E-state index is 12.6. The van der Waals surface area contributed by atoms with Crippen LogP contribution in [0.5, 0.6) is 5.75 Å². The normalized spacial score (nSPS) is 22.4. The number of aliphatic imine (C=N–C) groups is 1. The number of guanidine groups is 1. The van der Waals surface area contributed by atoms with E-state index in [-0.39, 0.29) is 35.9 Å². The standard InChI is InChI=1S/C21H32F3N5O.HI/c1-3-25-20(26-12-16-8-10-28(13-16)15-21(22,23)24)27-17-9-11-29(14-17)18-6-4-5-7-19(18)30-2;/h4-7,16-17H,3,8-15H2,1-2H3,(H2,25,26,27);1H. The van der Waals surface area contributed by atoms with Crippen molar-refractivity contribution in [2.45, 2.75) is 32.0 Å². The molecule has 0 spiro atoms. The number of anilines is 1. The first-order valence-electron chi connectivity index (χ1n) is 10.6. The van der Waals surface area contributed by atoms with Crippen molar-refractivity contribution in [2.24, 2.45) is 10.9 Å². The lowest BCUT2D eigenvalue weighted by atomic mass is 10.1. The third-order valence-electron chi connectivity index (χ3n) is 5.58. The van der Waals surface area contributed by atoms with Gasteiger partial charge < -0.3 is 20.3 Å². The molecule has 2 aliphatic heterocycles. The van der Waals surface area contributed by atoms with E-state index in [1.54, 1.807) is 7.11 Å². The quantitative estimate of drug-likeness (QED) is 0.307. The van der Waals surface area contributed by atoms with Gasteiger partial charge in [-0.05, 0) is 44.4 Å². The van der Waals surface area contributed by atoms with Crippen LogP contribution in [0.1, 0.15) is 19.8 Å². The Labute approximate surface area is 199 Å². The Morgan fingerprint density at radius 1 is 1.19 bits per heavy atom. The number of hydrogen-bond acceptors (Lipinski definition) is 4. The Hall–Kier alpha value is -1.43. The van der Waals surface area contributed by atoms with E-state index in [1.807, 2.05) is 25.1 Å². The summed E-state index contributed by atoms with van der Waals surface area (Å²) in [6, 6.07) is 8.24. The number of rotatable bonds is 7. The summed E-state index contributed by atoms with van der Waals surface area (Å²) in [6.45, 7) is 5.15. The van der Waals surface area contributed by atoms with Crippen LogP contribution in [0.15, 0.2) is 29.3 Å². The minimum Gasteiger partial charge on any atom is -0.495 e. The van der Waals surface area contributed by atoms with Gasteiger partial charge in [-0.2, -0.15) is 13.2 Å². The van der Waals surface area contributed by atoms with Crippen LogP contribution in [0.3, 0.4) is 0 Å². The van der Waals surface area contributed by atoms with Crippen molar-refractivity contribution in [2.75, 3.05) is 57.8 Å². The average Bonchev–Trinajstić information content (AvgIpc) is 3.34. The fourth-order valence-electron chi connectivity index (χ4n) is 4.18. The fourth-order valence-corrected chi connectivity index (χ4v) is 4.18. The van der Waals surface area contributed by atoms with E-state index in [2.05, 4.69) is 26.6 Å². The summed E-state index contributed by atoms with van der Waals surface area (Å²) in [7, 11) is 1.68. The molecule has 6 nitrogen and oxygen atoms in total. The number of ether oxygens (including phenoxy) is 1. The van der Waals surface area contributed by atoms with Gasteiger partial charge in [-0.3, -0.25) is 9.89 Å². The molecule has 0 saturated carbocycles. The molecule has 0 aromatic heterocycles. The summed E-state index contributed by atoms with van der Waals surface area (Å²) in [5.41, 5.74) is 1.09. The summed E-state index contributed by atoms with van der Waals surface area (Å²) in [6.07, 6.45) is -2.40. The summed E-state index contributed by atoms with van der Waals surface area (Å²) in [4.78, 5) is 8.44. The molecule has 31 heavy (non-hydrogen) atoms. The van der Waals surface area contributed by atoms with Crippen molar-refractivity contribution in [3.05, 3.63) is 24.3 Å². The van der Waals surface area contributed by atoms with E-state index in [1.165, 1.54) is 4.90 Å². The van der Waals surface area contributed by atoms with Crippen molar-refractivity contribution in [3.8, 4) is 5.75 Å². The molecule has 2 atom stereocenters. The van der Waals surface area contributed by atoms with Crippen molar-refractivity contribution in [1.82, 2.24) is 15.5 Å². The summed E-state index contributed by atoms with van der Waals surface area (Å²) >= 11 is 0. The molecule has 3 rings (SSSR count). The van der Waals surface area contributed by atoms with Gasteiger partial charge in [-0.25, -0.2) is 0 Å². The number of para-hydroxylation sites is 2. The van der Waals surface area contributed by atoms with Gasteiger partial charge in [-0.1, -0.05) is 12.1 Å². The van der Waals surface area contributed by atoms with Gasteiger partial charge in [0.05, 0.1) is 19.3 Å². The molecular weight excluding hydrogens is 522 g/mol. The number of methoxy groups -OCH3 is 1. The van der Waals surface area contributed by atoms with E-state index < -0.39 is 12.7 Å². The first-order chi connectivity index (χ1) is 14.4. The third-order valence-corrected chi connectivity index (χ3v) is 5.58. The highest BCUT2D eigenvalue weighted by Gasteiger charge is 2.34. The number of nitrogens with one attached hydrogen (secondary N) is 2. The van der Waals surface area contributed by atoms with Crippen molar-refractivity contribution >= 4 is 35.6 Å². The molecule has 0 radical (unpaired) electrons. The second-order valence-corrected chi connectivity index (χ2v) is 7.97. The van der Waals surface area contributed by atoms with Gasteiger partial charge >= 0.3 is 6.18 Å². The van der Waals surface area contributed by atoms with Gasteiger partial charge in [0.2, 0.25) is 0 Å². The molecule has 10 heteroatoms. The third kappa shape index (κ3) is 7.89. The summed E-state index contributed by atoms with van der Waals surface area (Å²) in [5, 5.41) is 6.75. The molecule has 2 fully saturated rings. The van der Waals surface area contributed by atoms with E-state index in [0.29, 0.717) is 19.6 Å². The number of benzene rings is 1. The molecule has 2 aliphatic rings. The van der Waals surface area contributed by atoms with Crippen LogP contribution in [0.2, 0.25) is 0 Å². The number of alkyl halides is 3. The molecular formula is C21H33F3IN5O. The molecule has 1 aromatic rings. The molecule has 0 aliphatic carbocycles. The van der Waals surface area contributed by atoms with Crippen LogP contribution in [-0.2, 0) is 0 Å². The smallest absolute Gasteiger partial charge is 0.401 e. The van der Waals surface area contributed by atoms with E-state index in [4.69, 9.17) is 4.74 Å². The Morgan fingerprint density at radius 2 is 1.97 bits per heavy atom. The first kappa shape index (κ1) is 25.8. The van der Waals surface area contributed by atoms with Gasteiger partial charge in [0.25, 0.3) is 0 Å². The zero-order chi connectivity index (χ0) is 21.6. The molecule has 2 saturated heterocycles. The largest absolute Gasteiger partial charge is 0.495 e. The van der Waals surface area contributed by atoms with Gasteiger partial charge in [0.15, 0.2) is 5.96 Å². The Balaban J connectivity index is 0.00000341. The number of halogens is 4. The zero-order valence-corrected chi connectivity index (χ0v) is 20.5. The molecule has 1 aromatic carbocycles. The molecule has 2 N–H and O–H groups in total. The van der Waals surface area contributed by atoms with Crippen molar-refractivity contribution < 1.29 is 17.9 Å². The topological polar surface area (TPSA) is 52.1 Å². The summed E-state index contributed by atoms with van der Waals surface area (Å²) in [5.74, 6) is 1.76. The highest BCUT2D eigenvalue weighted by Crippen LogP contribution is 2.30. The van der Waals surface area contributed by atoms with Crippen molar-refractivity contribution in [1.29, 1.82) is 0 Å². The summed E-state index contributed by atoms with van der Waals surface area (Å²) < 4.78 is 43.2. The second-order valence-electron chi connectivity index (χ2n) is 7.97. The monoisotopic (exact) mass is 555 g/mol. The average molecular weight is 555 g/mol. The SMILES string of the molecule is CCNC(=NCC1CCN(CC(F)(F)F)C1)NC1CCN(c2ccccc2OC)C1.I. The maximum atomic E-state index is 12.6. The molecule has 176 valence electrons. The number of nitrogens with zero attached hydrogens (tertiary/aromatic N) is 3. The Kier molecular flexibility index (Phi) is 9.98. The minimum atomic E-state index is -4.13. The molecule has 2 heterocycles. The van der Waals surface area contributed by atoms with Crippen molar-refractivity contribution in [3.63, 3.8) is 0 Å².